The number of amides is 2. The van der Waals surface area contributed by atoms with E-state index in [1.165, 1.54) is 6.92 Å². The maximum atomic E-state index is 11.9. The Labute approximate surface area is 135 Å². The zero-order valence-electron chi connectivity index (χ0n) is 12.7. The first-order chi connectivity index (χ1) is 10.6. The second-order valence-electron chi connectivity index (χ2n) is 5.34. The van der Waals surface area contributed by atoms with E-state index in [9.17, 15) is 9.59 Å². The first-order valence-electron chi connectivity index (χ1n) is 7.48. The Morgan fingerprint density at radius 1 is 1.45 bits per heavy atom. The lowest BCUT2D eigenvalue weighted by Gasteiger charge is -2.21. The number of hydrogen-bond donors (Lipinski definition) is 1. The second-order valence-corrected chi connectivity index (χ2v) is 5.78. The zero-order valence-corrected chi connectivity index (χ0v) is 13.4. The number of anilines is 1. The van der Waals surface area contributed by atoms with Crippen LogP contribution in [0.5, 0.6) is 0 Å². The van der Waals surface area contributed by atoms with Crippen LogP contribution >= 0.6 is 11.6 Å². The van der Waals surface area contributed by atoms with Crippen LogP contribution in [0.15, 0.2) is 24.3 Å². The normalized spacial score (nSPS) is 17.3. The number of rotatable bonds is 6. The van der Waals surface area contributed by atoms with Gasteiger partial charge in [-0.2, -0.15) is 0 Å². The van der Waals surface area contributed by atoms with Crippen molar-refractivity contribution < 1.29 is 14.3 Å². The fourth-order valence-electron chi connectivity index (χ4n) is 2.45. The molecule has 2 amide bonds. The van der Waals surface area contributed by atoms with Gasteiger partial charge in [-0.05, 0) is 31.0 Å². The molecule has 5 nitrogen and oxygen atoms in total. The van der Waals surface area contributed by atoms with Crippen molar-refractivity contribution in [2.75, 3.05) is 24.6 Å². The van der Waals surface area contributed by atoms with Crippen molar-refractivity contribution >= 4 is 29.1 Å². The van der Waals surface area contributed by atoms with E-state index in [2.05, 4.69) is 5.32 Å². The van der Waals surface area contributed by atoms with E-state index in [0.717, 1.165) is 19.4 Å². The van der Waals surface area contributed by atoms with Gasteiger partial charge in [-0.1, -0.05) is 17.7 Å². The monoisotopic (exact) mass is 324 g/mol. The van der Waals surface area contributed by atoms with Crippen LogP contribution in [0.2, 0.25) is 5.02 Å². The number of carbonyl (C=O) groups is 2. The van der Waals surface area contributed by atoms with E-state index in [0.29, 0.717) is 23.8 Å². The summed E-state index contributed by atoms with van der Waals surface area (Å²) in [6, 6.07) is 7.05. The van der Waals surface area contributed by atoms with Crippen molar-refractivity contribution in [3.63, 3.8) is 0 Å². The molecule has 120 valence electrons. The molecule has 2 rings (SSSR count). The van der Waals surface area contributed by atoms with Crippen LogP contribution in [0.25, 0.3) is 0 Å². The van der Waals surface area contributed by atoms with Crippen LogP contribution < -0.4 is 10.2 Å². The summed E-state index contributed by atoms with van der Waals surface area (Å²) in [4.78, 5) is 25.2. The fourth-order valence-corrected chi connectivity index (χ4v) is 2.63. The van der Waals surface area contributed by atoms with Gasteiger partial charge in [0.25, 0.3) is 0 Å². The number of nitrogens with zero attached hydrogens (tertiary/aromatic N) is 1. The molecular formula is C16H21ClN2O3. The SMILES string of the molecule is CC(=O)N(CCC(=O)NCC1CCCO1)c1cccc(Cl)c1. The molecule has 1 aliphatic heterocycles. The molecule has 0 aliphatic carbocycles. The quantitative estimate of drug-likeness (QED) is 0.874. The van der Waals surface area contributed by atoms with Crippen LogP contribution in [0.3, 0.4) is 0 Å². The van der Waals surface area contributed by atoms with Gasteiger partial charge in [-0.3, -0.25) is 9.59 Å². The Bertz CT molecular complexity index is 530. The molecule has 0 aromatic heterocycles. The maximum absolute atomic E-state index is 11.9. The number of benzene rings is 1. The molecular weight excluding hydrogens is 304 g/mol. The van der Waals surface area contributed by atoms with Crippen LogP contribution in [0.1, 0.15) is 26.2 Å². The number of ether oxygens (including phenoxy) is 1. The Balaban J connectivity index is 1.83. The van der Waals surface area contributed by atoms with Gasteiger partial charge in [0.05, 0.1) is 6.10 Å². The highest BCUT2D eigenvalue weighted by Gasteiger charge is 2.17. The second kappa shape index (κ2) is 8.15. The molecule has 1 saturated heterocycles. The zero-order chi connectivity index (χ0) is 15.9. The Hall–Kier alpha value is -1.59. The standard InChI is InChI=1S/C16H21ClN2O3/c1-12(20)19(14-5-2-4-13(17)10-14)8-7-16(21)18-11-15-6-3-9-22-15/h2,4-5,10,15H,3,6-9,11H2,1H3,(H,18,21). The van der Waals surface area contributed by atoms with Crippen molar-refractivity contribution in [1.82, 2.24) is 5.32 Å². The summed E-state index contributed by atoms with van der Waals surface area (Å²) >= 11 is 5.95. The molecule has 0 spiro atoms. The molecule has 0 saturated carbocycles. The fraction of sp³-hybridized carbons (Fsp3) is 0.500. The lowest BCUT2D eigenvalue weighted by atomic mass is 10.2. The van der Waals surface area contributed by atoms with Crippen LogP contribution in [0, 0.1) is 0 Å². The Kier molecular flexibility index (Phi) is 6.21. The van der Waals surface area contributed by atoms with Crippen LogP contribution in [-0.2, 0) is 14.3 Å². The number of carbonyl (C=O) groups excluding carboxylic acids is 2. The lowest BCUT2D eigenvalue weighted by Crippen LogP contribution is -2.36. The van der Waals surface area contributed by atoms with Crippen LogP contribution in [-0.4, -0.2) is 37.6 Å². The predicted molar refractivity (Wildman–Crippen MR) is 86.1 cm³/mol. The van der Waals surface area contributed by atoms with E-state index in [1.807, 2.05) is 0 Å². The minimum atomic E-state index is -0.116. The molecule has 1 atom stereocenters. The van der Waals surface area contributed by atoms with Gasteiger partial charge in [-0.15, -0.1) is 0 Å². The van der Waals surface area contributed by atoms with Crippen molar-refractivity contribution in [3.8, 4) is 0 Å². The minimum Gasteiger partial charge on any atom is -0.376 e. The Morgan fingerprint density at radius 3 is 2.91 bits per heavy atom. The summed E-state index contributed by atoms with van der Waals surface area (Å²) in [6.45, 7) is 3.11. The van der Waals surface area contributed by atoms with E-state index in [4.69, 9.17) is 16.3 Å². The molecule has 1 heterocycles. The van der Waals surface area contributed by atoms with Gasteiger partial charge in [-0.25, -0.2) is 0 Å². The lowest BCUT2D eigenvalue weighted by molar-refractivity contribution is -0.121. The van der Waals surface area contributed by atoms with E-state index in [1.54, 1.807) is 29.2 Å². The van der Waals surface area contributed by atoms with Gasteiger partial charge in [0.1, 0.15) is 0 Å². The molecule has 1 fully saturated rings. The highest BCUT2D eigenvalue weighted by molar-refractivity contribution is 6.30. The molecule has 1 aliphatic rings. The smallest absolute Gasteiger partial charge is 0.223 e. The number of halogens is 1. The minimum absolute atomic E-state index is 0.0798. The third kappa shape index (κ3) is 5.00. The average molecular weight is 325 g/mol. The largest absolute Gasteiger partial charge is 0.376 e. The van der Waals surface area contributed by atoms with Crippen molar-refractivity contribution in [1.29, 1.82) is 0 Å². The molecule has 1 unspecified atom stereocenters. The summed E-state index contributed by atoms with van der Waals surface area (Å²) in [7, 11) is 0. The van der Waals surface area contributed by atoms with Gasteiger partial charge < -0.3 is 15.0 Å². The van der Waals surface area contributed by atoms with Gasteiger partial charge in [0.15, 0.2) is 0 Å². The molecule has 22 heavy (non-hydrogen) atoms. The van der Waals surface area contributed by atoms with E-state index >= 15 is 0 Å². The highest BCUT2D eigenvalue weighted by atomic mass is 35.5. The first kappa shape index (κ1) is 16.8. The average Bonchev–Trinajstić information content (AvgIpc) is 2.98. The molecule has 1 aromatic rings. The molecule has 1 aromatic carbocycles. The molecule has 6 heteroatoms. The Morgan fingerprint density at radius 2 is 2.27 bits per heavy atom. The summed E-state index contributed by atoms with van der Waals surface area (Å²) in [5.41, 5.74) is 0.701. The topological polar surface area (TPSA) is 58.6 Å². The third-order valence-electron chi connectivity index (χ3n) is 3.61. The molecule has 1 N–H and O–H groups in total. The first-order valence-corrected chi connectivity index (χ1v) is 7.86. The van der Waals surface area contributed by atoms with E-state index < -0.39 is 0 Å². The van der Waals surface area contributed by atoms with E-state index in [-0.39, 0.29) is 24.3 Å². The molecule has 0 radical (unpaired) electrons. The van der Waals surface area contributed by atoms with Crippen molar-refractivity contribution in [2.24, 2.45) is 0 Å². The number of hydrogen-bond acceptors (Lipinski definition) is 3. The summed E-state index contributed by atoms with van der Waals surface area (Å²) in [5.74, 6) is -0.196. The summed E-state index contributed by atoms with van der Waals surface area (Å²) in [6.07, 6.45) is 2.41. The van der Waals surface area contributed by atoms with Gasteiger partial charge in [0.2, 0.25) is 11.8 Å². The van der Waals surface area contributed by atoms with Crippen molar-refractivity contribution in [3.05, 3.63) is 29.3 Å². The number of nitrogens with one attached hydrogen (secondary N) is 1. The molecule has 0 bridgehead atoms. The third-order valence-corrected chi connectivity index (χ3v) is 3.85. The van der Waals surface area contributed by atoms with Gasteiger partial charge in [0, 0.05) is 43.8 Å². The van der Waals surface area contributed by atoms with Crippen molar-refractivity contribution in [2.45, 2.75) is 32.3 Å². The van der Waals surface area contributed by atoms with Gasteiger partial charge >= 0.3 is 0 Å². The maximum Gasteiger partial charge on any atom is 0.223 e. The summed E-state index contributed by atoms with van der Waals surface area (Å²) < 4.78 is 5.46. The summed E-state index contributed by atoms with van der Waals surface area (Å²) in [5, 5.41) is 3.42. The van der Waals surface area contributed by atoms with Crippen LogP contribution in [0.4, 0.5) is 5.69 Å². The predicted octanol–water partition coefficient (Wildman–Crippen LogP) is 2.38. The highest BCUT2D eigenvalue weighted by Crippen LogP contribution is 2.20.